The van der Waals surface area contributed by atoms with Gasteiger partial charge in [-0.2, -0.15) is 0 Å². The van der Waals surface area contributed by atoms with E-state index < -0.39 is 17.1 Å². The van der Waals surface area contributed by atoms with Crippen LogP contribution in [0.15, 0.2) is 45.6 Å². The van der Waals surface area contributed by atoms with Crippen LogP contribution in [0.25, 0.3) is 11.0 Å². The van der Waals surface area contributed by atoms with Crippen LogP contribution >= 0.6 is 11.6 Å². The summed E-state index contributed by atoms with van der Waals surface area (Å²) >= 11 is 6.07. The molecule has 3 aromatic rings. The van der Waals surface area contributed by atoms with Gasteiger partial charge >= 0.3 is 0 Å². The fraction of sp³-hybridized carbons (Fsp3) is 0.320. The van der Waals surface area contributed by atoms with Crippen molar-refractivity contribution in [3.63, 3.8) is 0 Å². The van der Waals surface area contributed by atoms with Crippen LogP contribution in [0, 0.1) is 0 Å². The number of benzene rings is 2. The van der Waals surface area contributed by atoms with E-state index in [-0.39, 0.29) is 27.9 Å². The SMILES string of the molecule is COc1ccc(C(=O)c2c(C(=O)N(C)CCCN(C)C)oc3ccc(Cl)cc3c2=O)cc1OC. The summed E-state index contributed by atoms with van der Waals surface area (Å²) in [4.78, 5) is 43.8. The summed E-state index contributed by atoms with van der Waals surface area (Å²) in [6.45, 7) is 1.19. The second kappa shape index (κ2) is 10.7. The molecule has 0 N–H and O–H groups in total. The Hall–Kier alpha value is -3.36. The molecule has 0 atom stereocenters. The molecule has 34 heavy (non-hydrogen) atoms. The number of hydrogen-bond donors (Lipinski definition) is 0. The minimum atomic E-state index is -0.665. The maximum atomic E-state index is 13.5. The van der Waals surface area contributed by atoms with E-state index in [9.17, 15) is 14.4 Å². The van der Waals surface area contributed by atoms with Gasteiger partial charge in [-0.25, -0.2) is 0 Å². The van der Waals surface area contributed by atoms with Gasteiger partial charge in [0.15, 0.2) is 11.5 Å². The average Bonchev–Trinajstić information content (AvgIpc) is 2.82. The molecular weight excluding hydrogens is 460 g/mol. The lowest BCUT2D eigenvalue weighted by Gasteiger charge is -2.19. The maximum absolute atomic E-state index is 13.5. The molecule has 1 amide bonds. The highest BCUT2D eigenvalue weighted by atomic mass is 35.5. The van der Waals surface area contributed by atoms with Gasteiger partial charge in [-0.1, -0.05) is 11.6 Å². The molecule has 3 rings (SSSR count). The smallest absolute Gasteiger partial charge is 0.290 e. The number of methoxy groups -OCH3 is 2. The Bertz CT molecular complexity index is 1280. The van der Waals surface area contributed by atoms with Gasteiger partial charge < -0.3 is 23.7 Å². The standard InChI is InChI=1S/C25H27ClN2O6/c1-27(2)11-6-12-28(3)25(31)24-21(23(30)17-14-16(26)8-10-18(17)34-24)22(29)15-7-9-19(32-4)20(13-15)33-5/h7-10,13-14H,6,11-12H2,1-5H3. The van der Waals surface area contributed by atoms with Gasteiger partial charge in [0.25, 0.3) is 5.91 Å². The first-order chi connectivity index (χ1) is 16.2. The molecule has 0 spiro atoms. The molecule has 0 unspecified atom stereocenters. The van der Waals surface area contributed by atoms with Crippen molar-refractivity contribution < 1.29 is 23.5 Å². The van der Waals surface area contributed by atoms with Gasteiger partial charge in [0.05, 0.1) is 19.6 Å². The van der Waals surface area contributed by atoms with E-state index in [0.29, 0.717) is 29.5 Å². The summed E-state index contributed by atoms with van der Waals surface area (Å²) in [6.07, 6.45) is 0.710. The summed E-state index contributed by atoms with van der Waals surface area (Å²) in [5, 5.41) is 0.423. The van der Waals surface area contributed by atoms with Gasteiger partial charge in [-0.05, 0) is 63.5 Å². The molecule has 0 aliphatic rings. The largest absolute Gasteiger partial charge is 0.493 e. The Kier molecular flexibility index (Phi) is 7.96. The van der Waals surface area contributed by atoms with Crippen molar-refractivity contribution in [1.82, 2.24) is 9.80 Å². The van der Waals surface area contributed by atoms with Crippen LogP contribution in [0.5, 0.6) is 11.5 Å². The minimum absolute atomic E-state index is 0.114. The number of rotatable bonds is 9. The number of nitrogens with zero attached hydrogens (tertiary/aromatic N) is 2. The number of amides is 1. The van der Waals surface area contributed by atoms with Gasteiger partial charge in [0.2, 0.25) is 17.0 Å². The van der Waals surface area contributed by atoms with E-state index >= 15 is 0 Å². The molecule has 2 aromatic carbocycles. The molecule has 180 valence electrons. The zero-order valence-corrected chi connectivity index (χ0v) is 20.6. The van der Waals surface area contributed by atoms with Crippen LogP contribution in [-0.4, -0.2) is 69.9 Å². The maximum Gasteiger partial charge on any atom is 0.290 e. The van der Waals surface area contributed by atoms with E-state index in [2.05, 4.69) is 0 Å². The van der Waals surface area contributed by atoms with E-state index in [1.807, 2.05) is 19.0 Å². The van der Waals surface area contributed by atoms with Crippen LogP contribution in [0.3, 0.4) is 0 Å². The van der Waals surface area contributed by atoms with Crippen LogP contribution in [0.1, 0.15) is 32.9 Å². The highest BCUT2D eigenvalue weighted by molar-refractivity contribution is 6.31. The van der Waals surface area contributed by atoms with E-state index in [4.69, 9.17) is 25.5 Å². The first-order valence-corrected chi connectivity index (χ1v) is 11.0. The molecule has 0 aliphatic carbocycles. The van der Waals surface area contributed by atoms with Crippen LogP contribution in [0.2, 0.25) is 5.02 Å². The predicted molar refractivity (Wildman–Crippen MR) is 131 cm³/mol. The molecule has 0 saturated heterocycles. The Morgan fingerprint density at radius 3 is 2.32 bits per heavy atom. The Morgan fingerprint density at radius 2 is 1.68 bits per heavy atom. The number of halogens is 1. The highest BCUT2D eigenvalue weighted by Gasteiger charge is 2.29. The summed E-state index contributed by atoms with van der Waals surface area (Å²) in [5.74, 6) is -0.798. The fourth-order valence-electron chi connectivity index (χ4n) is 3.55. The van der Waals surface area contributed by atoms with Gasteiger partial charge in [-0.15, -0.1) is 0 Å². The normalized spacial score (nSPS) is 11.0. The summed E-state index contributed by atoms with van der Waals surface area (Å²) in [5.41, 5.74) is -0.668. The molecule has 0 bridgehead atoms. The molecule has 1 aromatic heterocycles. The second-order valence-corrected chi connectivity index (χ2v) is 8.49. The van der Waals surface area contributed by atoms with Crippen molar-refractivity contribution in [1.29, 1.82) is 0 Å². The van der Waals surface area contributed by atoms with Gasteiger partial charge in [-0.3, -0.25) is 14.4 Å². The second-order valence-electron chi connectivity index (χ2n) is 8.06. The van der Waals surface area contributed by atoms with Crippen molar-refractivity contribution in [3.05, 3.63) is 68.5 Å². The third-order valence-electron chi connectivity index (χ3n) is 5.36. The predicted octanol–water partition coefficient (Wildman–Crippen LogP) is 3.72. The molecule has 0 radical (unpaired) electrons. The van der Waals surface area contributed by atoms with Crippen molar-refractivity contribution >= 4 is 34.3 Å². The molecule has 8 nitrogen and oxygen atoms in total. The van der Waals surface area contributed by atoms with E-state index in [1.165, 1.54) is 43.4 Å². The first kappa shape index (κ1) is 25.3. The fourth-order valence-corrected chi connectivity index (χ4v) is 3.72. The van der Waals surface area contributed by atoms with Crippen molar-refractivity contribution in [2.24, 2.45) is 0 Å². The minimum Gasteiger partial charge on any atom is -0.493 e. The summed E-state index contributed by atoms with van der Waals surface area (Å²) < 4.78 is 16.4. The molecule has 1 heterocycles. The Morgan fingerprint density at radius 1 is 0.971 bits per heavy atom. The van der Waals surface area contributed by atoms with Crippen LogP contribution in [-0.2, 0) is 0 Å². The quantitative estimate of drug-likeness (QED) is 0.426. The number of carbonyl (C=O) groups is 2. The number of ketones is 1. The zero-order valence-electron chi connectivity index (χ0n) is 19.8. The molecule has 0 aliphatic heterocycles. The van der Waals surface area contributed by atoms with E-state index in [1.54, 1.807) is 19.2 Å². The van der Waals surface area contributed by atoms with Gasteiger partial charge in [0.1, 0.15) is 11.1 Å². The van der Waals surface area contributed by atoms with Gasteiger partial charge in [0, 0.05) is 24.2 Å². The Labute approximate surface area is 202 Å². The number of carbonyl (C=O) groups excluding carboxylic acids is 2. The average molecular weight is 487 g/mol. The number of hydrogen-bond acceptors (Lipinski definition) is 7. The molecule has 0 fully saturated rings. The van der Waals surface area contributed by atoms with Crippen LogP contribution < -0.4 is 14.9 Å². The number of ether oxygens (including phenoxy) is 2. The summed E-state index contributed by atoms with van der Waals surface area (Å²) in [7, 11) is 8.40. The van der Waals surface area contributed by atoms with Crippen LogP contribution in [0.4, 0.5) is 0 Å². The molecular formula is C25H27ClN2O6. The third-order valence-corrected chi connectivity index (χ3v) is 5.60. The highest BCUT2D eigenvalue weighted by Crippen LogP contribution is 2.29. The van der Waals surface area contributed by atoms with E-state index in [0.717, 1.165) is 6.54 Å². The topological polar surface area (TPSA) is 89.3 Å². The number of fused-ring (bicyclic) bond motifs is 1. The zero-order chi connectivity index (χ0) is 25.0. The third kappa shape index (κ3) is 5.24. The molecule has 9 heteroatoms. The first-order valence-electron chi connectivity index (χ1n) is 10.6. The lowest BCUT2D eigenvalue weighted by atomic mass is 9.99. The molecule has 0 saturated carbocycles. The lowest BCUT2D eigenvalue weighted by molar-refractivity contribution is 0.0753. The monoisotopic (exact) mass is 486 g/mol. The summed E-state index contributed by atoms with van der Waals surface area (Å²) in [6, 6.07) is 8.99. The van der Waals surface area contributed by atoms with Crippen molar-refractivity contribution in [2.45, 2.75) is 6.42 Å². The Balaban J connectivity index is 2.15. The van der Waals surface area contributed by atoms with Crippen molar-refractivity contribution in [2.75, 3.05) is 48.5 Å². The lowest BCUT2D eigenvalue weighted by Crippen LogP contribution is -2.33. The van der Waals surface area contributed by atoms with Crippen molar-refractivity contribution in [3.8, 4) is 11.5 Å².